The first-order valence-electron chi connectivity index (χ1n) is 5.17. The number of hydrogen-bond acceptors (Lipinski definition) is 3. The Kier molecular flexibility index (Phi) is 3.17. The summed E-state index contributed by atoms with van der Waals surface area (Å²) < 4.78 is 0. The van der Waals surface area contributed by atoms with E-state index in [-0.39, 0.29) is 6.04 Å². The van der Waals surface area contributed by atoms with Crippen LogP contribution in [-0.2, 0) is 4.79 Å². The van der Waals surface area contributed by atoms with Crippen molar-refractivity contribution in [3.63, 3.8) is 0 Å². The zero-order valence-corrected chi connectivity index (χ0v) is 9.16. The fourth-order valence-corrected chi connectivity index (χ4v) is 2.24. The molecule has 1 rings (SSSR count). The molecule has 0 aliphatic carbocycles. The lowest BCUT2D eigenvalue weighted by Crippen LogP contribution is -2.66. The lowest BCUT2D eigenvalue weighted by atomic mass is 9.82. The van der Waals surface area contributed by atoms with Crippen molar-refractivity contribution in [1.82, 2.24) is 4.90 Å². The number of likely N-dealkylation sites (tertiary alicyclic amines) is 1. The van der Waals surface area contributed by atoms with E-state index in [1.807, 2.05) is 6.92 Å². The minimum absolute atomic E-state index is 0.0891. The Bertz CT molecular complexity index is 230. The van der Waals surface area contributed by atoms with Gasteiger partial charge in [-0.05, 0) is 40.2 Å². The van der Waals surface area contributed by atoms with Gasteiger partial charge in [0.1, 0.15) is 5.54 Å². The average Bonchev–Trinajstić information content (AvgIpc) is 2.09. The number of hydrogen-bond donors (Lipinski definition) is 2. The van der Waals surface area contributed by atoms with Gasteiger partial charge in [0.15, 0.2) is 0 Å². The smallest absolute Gasteiger partial charge is 0.325 e. The zero-order valence-electron chi connectivity index (χ0n) is 9.16. The molecule has 1 aliphatic heterocycles. The van der Waals surface area contributed by atoms with Crippen LogP contribution in [0.1, 0.15) is 33.6 Å². The van der Waals surface area contributed by atoms with E-state index in [2.05, 4.69) is 18.7 Å². The molecule has 82 valence electrons. The normalized spacial score (nSPS) is 34.8. The SMILES string of the molecule is CC(C)N1CCCC(N)(C(=O)O)C1C. The third kappa shape index (κ3) is 1.77. The summed E-state index contributed by atoms with van der Waals surface area (Å²) in [5.74, 6) is -0.879. The molecular weight excluding hydrogens is 180 g/mol. The number of carboxylic acids is 1. The summed E-state index contributed by atoms with van der Waals surface area (Å²) in [4.78, 5) is 13.3. The van der Waals surface area contributed by atoms with Crippen LogP contribution in [0.25, 0.3) is 0 Å². The molecule has 1 saturated heterocycles. The molecule has 0 radical (unpaired) electrons. The number of piperidine rings is 1. The van der Waals surface area contributed by atoms with Crippen molar-refractivity contribution < 1.29 is 9.90 Å². The van der Waals surface area contributed by atoms with Crippen molar-refractivity contribution in [3.8, 4) is 0 Å². The third-order valence-corrected chi connectivity index (χ3v) is 3.31. The van der Waals surface area contributed by atoms with Crippen LogP contribution in [0.2, 0.25) is 0 Å². The molecular formula is C10H20N2O2. The molecule has 14 heavy (non-hydrogen) atoms. The quantitative estimate of drug-likeness (QED) is 0.687. The van der Waals surface area contributed by atoms with Gasteiger partial charge in [-0.2, -0.15) is 0 Å². The molecule has 1 aliphatic rings. The van der Waals surface area contributed by atoms with Gasteiger partial charge in [-0.1, -0.05) is 0 Å². The molecule has 0 bridgehead atoms. The van der Waals surface area contributed by atoms with E-state index < -0.39 is 11.5 Å². The molecule has 2 atom stereocenters. The Morgan fingerprint density at radius 2 is 2.21 bits per heavy atom. The number of nitrogens with zero attached hydrogens (tertiary/aromatic N) is 1. The van der Waals surface area contributed by atoms with Crippen molar-refractivity contribution in [2.75, 3.05) is 6.54 Å². The topological polar surface area (TPSA) is 66.6 Å². The number of carboxylic acid groups (broad SMARTS) is 1. The van der Waals surface area contributed by atoms with Gasteiger partial charge in [-0.15, -0.1) is 0 Å². The van der Waals surface area contributed by atoms with Crippen molar-refractivity contribution in [1.29, 1.82) is 0 Å². The molecule has 0 aromatic rings. The van der Waals surface area contributed by atoms with Crippen molar-refractivity contribution in [2.24, 2.45) is 5.73 Å². The number of rotatable bonds is 2. The molecule has 0 amide bonds. The van der Waals surface area contributed by atoms with Gasteiger partial charge in [0.2, 0.25) is 0 Å². The highest BCUT2D eigenvalue weighted by Crippen LogP contribution is 2.27. The summed E-state index contributed by atoms with van der Waals surface area (Å²) in [6.07, 6.45) is 1.44. The molecule has 0 aromatic heterocycles. The summed E-state index contributed by atoms with van der Waals surface area (Å²) in [6, 6.07) is 0.265. The Hall–Kier alpha value is -0.610. The second-order valence-corrected chi connectivity index (χ2v) is 4.46. The first-order chi connectivity index (χ1) is 6.39. The summed E-state index contributed by atoms with van der Waals surface area (Å²) in [5, 5.41) is 9.12. The average molecular weight is 200 g/mol. The standard InChI is InChI=1S/C10H20N2O2/c1-7(2)12-6-4-5-10(11,8(12)3)9(13)14/h7-8H,4-6,11H2,1-3H3,(H,13,14). The number of nitrogens with two attached hydrogens (primary N) is 1. The molecule has 4 heteroatoms. The number of carbonyl (C=O) groups is 1. The number of aliphatic carboxylic acids is 1. The van der Waals surface area contributed by atoms with Crippen LogP contribution in [-0.4, -0.2) is 40.1 Å². The van der Waals surface area contributed by atoms with Gasteiger partial charge in [0.25, 0.3) is 0 Å². The van der Waals surface area contributed by atoms with Crippen LogP contribution in [0, 0.1) is 0 Å². The predicted molar refractivity (Wildman–Crippen MR) is 55.1 cm³/mol. The highest BCUT2D eigenvalue weighted by molar-refractivity contribution is 5.79. The second kappa shape index (κ2) is 3.87. The molecule has 0 saturated carbocycles. The molecule has 1 heterocycles. The van der Waals surface area contributed by atoms with E-state index in [1.54, 1.807) is 0 Å². The van der Waals surface area contributed by atoms with Crippen molar-refractivity contribution in [2.45, 2.75) is 51.2 Å². The van der Waals surface area contributed by atoms with E-state index >= 15 is 0 Å². The molecule has 0 spiro atoms. The van der Waals surface area contributed by atoms with E-state index in [0.29, 0.717) is 12.5 Å². The van der Waals surface area contributed by atoms with E-state index in [4.69, 9.17) is 10.8 Å². The molecule has 1 fully saturated rings. The zero-order chi connectivity index (χ0) is 10.9. The maximum Gasteiger partial charge on any atom is 0.325 e. The lowest BCUT2D eigenvalue weighted by molar-refractivity contribution is -0.148. The van der Waals surface area contributed by atoms with Gasteiger partial charge in [-0.3, -0.25) is 9.69 Å². The second-order valence-electron chi connectivity index (χ2n) is 4.46. The fraction of sp³-hybridized carbons (Fsp3) is 0.900. The van der Waals surface area contributed by atoms with Crippen LogP contribution in [0.15, 0.2) is 0 Å². The Labute approximate surface area is 85.1 Å². The monoisotopic (exact) mass is 200 g/mol. The summed E-state index contributed by atoms with van der Waals surface area (Å²) in [7, 11) is 0. The minimum atomic E-state index is -1.07. The van der Waals surface area contributed by atoms with E-state index in [9.17, 15) is 4.79 Å². The molecule has 2 unspecified atom stereocenters. The first kappa shape index (κ1) is 11.5. The fourth-order valence-electron chi connectivity index (χ4n) is 2.24. The predicted octanol–water partition coefficient (Wildman–Crippen LogP) is 0.661. The van der Waals surface area contributed by atoms with Crippen LogP contribution in [0.5, 0.6) is 0 Å². The molecule has 3 N–H and O–H groups in total. The van der Waals surface area contributed by atoms with E-state index in [1.165, 1.54) is 0 Å². The maximum absolute atomic E-state index is 11.1. The summed E-state index contributed by atoms with van der Waals surface area (Å²) in [5.41, 5.74) is 4.87. The lowest BCUT2D eigenvalue weighted by Gasteiger charge is -2.45. The van der Waals surface area contributed by atoms with Crippen LogP contribution < -0.4 is 5.73 Å². The highest BCUT2D eigenvalue weighted by Gasteiger charge is 2.45. The van der Waals surface area contributed by atoms with E-state index in [0.717, 1.165) is 13.0 Å². The van der Waals surface area contributed by atoms with Gasteiger partial charge in [-0.25, -0.2) is 0 Å². The largest absolute Gasteiger partial charge is 0.480 e. The Morgan fingerprint density at radius 3 is 2.64 bits per heavy atom. The van der Waals surface area contributed by atoms with Crippen molar-refractivity contribution >= 4 is 5.97 Å². The Morgan fingerprint density at radius 1 is 1.64 bits per heavy atom. The maximum atomic E-state index is 11.1. The van der Waals surface area contributed by atoms with Gasteiger partial charge < -0.3 is 10.8 Å². The summed E-state index contributed by atoms with van der Waals surface area (Å²) in [6.45, 7) is 7.01. The Balaban J connectivity index is 2.85. The minimum Gasteiger partial charge on any atom is -0.480 e. The first-order valence-corrected chi connectivity index (χ1v) is 5.17. The van der Waals surface area contributed by atoms with Gasteiger partial charge in [0.05, 0.1) is 0 Å². The van der Waals surface area contributed by atoms with Gasteiger partial charge in [0, 0.05) is 12.1 Å². The molecule has 4 nitrogen and oxygen atoms in total. The van der Waals surface area contributed by atoms with Crippen LogP contribution in [0.3, 0.4) is 0 Å². The molecule has 0 aromatic carbocycles. The van der Waals surface area contributed by atoms with Crippen molar-refractivity contribution in [3.05, 3.63) is 0 Å². The summed E-state index contributed by atoms with van der Waals surface area (Å²) >= 11 is 0. The highest BCUT2D eigenvalue weighted by atomic mass is 16.4. The van der Waals surface area contributed by atoms with Gasteiger partial charge >= 0.3 is 5.97 Å². The van der Waals surface area contributed by atoms with Crippen LogP contribution in [0.4, 0.5) is 0 Å². The van der Waals surface area contributed by atoms with Crippen LogP contribution >= 0.6 is 0 Å². The third-order valence-electron chi connectivity index (χ3n) is 3.31.